The molecule has 3 rings (SSSR count). The molecule has 0 atom stereocenters. The lowest BCUT2D eigenvalue weighted by Crippen LogP contribution is -2.40. The molecule has 1 fully saturated rings. The van der Waals surface area contributed by atoms with E-state index in [1.165, 1.54) is 12.1 Å². The number of hydrogen-bond donors (Lipinski definition) is 0. The van der Waals surface area contributed by atoms with E-state index in [4.69, 9.17) is 0 Å². The molecule has 1 aliphatic rings. The number of hydrogen-bond acceptors (Lipinski definition) is 3. The quantitative estimate of drug-likeness (QED) is 0.773. The van der Waals surface area contributed by atoms with Crippen LogP contribution in [0.25, 0.3) is 0 Å². The number of nitrogens with zero attached hydrogens (tertiary/aromatic N) is 3. The maximum absolute atomic E-state index is 13.3. The van der Waals surface area contributed by atoms with Crippen molar-refractivity contribution in [3.8, 4) is 0 Å². The molecule has 0 N–H and O–H groups in total. The van der Waals surface area contributed by atoms with E-state index in [9.17, 15) is 12.8 Å². The summed E-state index contributed by atoms with van der Waals surface area (Å²) in [4.78, 5) is 4.42. The molecule has 7 heteroatoms. The summed E-state index contributed by atoms with van der Waals surface area (Å²) in [6.07, 6.45) is 5.49. The summed E-state index contributed by atoms with van der Waals surface area (Å²) >= 11 is 0. The Bertz CT molecular complexity index is 840. The molecule has 0 bridgehead atoms. The highest BCUT2D eigenvalue weighted by atomic mass is 32.2. The van der Waals surface area contributed by atoms with Gasteiger partial charge in [0.05, 0.1) is 5.75 Å². The molecule has 142 valence electrons. The van der Waals surface area contributed by atoms with E-state index < -0.39 is 15.8 Å². The summed E-state index contributed by atoms with van der Waals surface area (Å²) in [7, 11) is -3.41. The lowest BCUT2D eigenvalue weighted by molar-refractivity contribution is 0.250. The SMILES string of the molecule is CC(C)c1nccn1CC1CCN(S(=O)(=O)Cc2cccc(F)c2)CC1. The predicted molar refractivity (Wildman–Crippen MR) is 99.6 cm³/mol. The van der Waals surface area contributed by atoms with Gasteiger partial charge in [-0.25, -0.2) is 22.1 Å². The van der Waals surface area contributed by atoms with E-state index in [1.54, 1.807) is 16.4 Å². The van der Waals surface area contributed by atoms with Gasteiger partial charge < -0.3 is 4.57 Å². The smallest absolute Gasteiger partial charge is 0.218 e. The van der Waals surface area contributed by atoms with Crippen LogP contribution < -0.4 is 0 Å². The lowest BCUT2D eigenvalue weighted by atomic mass is 9.98. The predicted octanol–water partition coefficient (Wildman–Crippen LogP) is 3.39. The normalized spacial score (nSPS) is 17.1. The van der Waals surface area contributed by atoms with Crippen LogP contribution >= 0.6 is 0 Å². The monoisotopic (exact) mass is 379 g/mol. The van der Waals surface area contributed by atoms with Gasteiger partial charge in [0.15, 0.2) is 0 Å². The molecule has 0 unspecified atom stereocenters. The van der Waals surface area contributed by atoms with Gasteiger partial charge >= 0.3 is 0 Å². The van der Waals surface area contributed by atoms with E-state index in [-0.39, 0.29) is 5.75 Å². The van der Waals surface area contributed by atoms with Crippen molar-refractivity contribution >= 4 is 10.0 Å². The Balaban J connectivity index is 1.58. The van der Waals surface area contributed by atoms with Gasteiger partial charge in [0, 0.05) is 37.9 Å². The van der Waals surface area contributed by atoms with Crippen LogP contribution in [0, 0.1) is 11.7 Å². The van der Waals surface area contributed by atoms with Crippen molar-refractivity contribution in [3.05, 3.63) is 53.9 Å². The third-order valence-electron chi connectivity index (χ3n) is 4.92. The molecule has 2 aromatic rings. The Kier molecular flexibility index (Phi) is 5.77. The second-order valence-electron chi connectivity index (χ2n) is 7.32. The molecule has 1 aliphatic heterocycles. The van der Waals surface area contributed by atoms with Crippen molar-refractivity contribution in [3.63, 3.8) is 0 Å². The van der Waals surface area contributed by atoms with Gasteiger partial charge in [-0.2, -0.15) is 0 Å². The van der Waals surface area contributed by atoms with Gasteiger partial charge in [-0.05, 0) is 36.5 Å². The third-order valence-corrected chi connectivity index (χ3v) is 6.77. The highest BCUT2D eigenvalue weighted by Gasteiger charge is 2.28. The molecular weight excluding hydrogens is 353 g/mol. The largest absolute Gasteiger partial charge is 0.334 e. The zero-order chi connectivity index (χ0) is 18.7. The average molecular weight is 380 g/mol. The van der Waals surface area contributed by atoms with Gasteiger partial charge in [0.2, 0.25) is 10.0 Å². The minimum Gasteiger partial charge on any atom is -0.334 e. The minimum atomic E-state index is -3.41. The molecule has 1 saturated heterocycles. The summed E-state index contributed by atoms with van der Waals surface area (Å²) in [5.74, 6) is 1.34. The first-order chi connectivity index (χ1) is 12.3. The number of benzene rings is 1. The first-order valence-electron chi connectivity index (χ1n) is 9.08. The van der Waals surface area contributed by atoms with E-state index in [0.717, 1.165) is 25.2 Å². The Morgan fingerprint density at radius 3 is 2.65 bits per heavy atom. The Labute approximate surface area is 154 Å². The van der Waals surface area contributed by atoms with Gasteiger partial charge in [-0.1, -0.05) is 26.0 Å². The lowest BCUT2D eigenvalue weighted by Gasteiger charge is -2.31. The Hall–Kier alpha value is -1.73. The Morgan fingerprint density at radius 1 is 1.27 bits per heavy atom. The number of piperidine rings is 1. The van der Waals surface area contributed by atoms with Gasteiger partial charge in [0.25, 0.3) is 0 Å². The molecule has 0 amide bonds. The fourth-order valence-electron chi connectivity index (χ4n) is 3.55. The molecule has 26 heavy (non-hydrogen) atoms. The van der Waals surface area contributed by atoms with Gasteiger partial charge in [-0.15, -0.1) is 0 Å². The zero-order valence-corrected chi connectivity index (χ0v) is 16.1. The summed E-state index contributed by atoms with van der Waals surface area (Å²) in [5.41, 5.74) is 0.493. The molecule has 0 radical (unpaired) electrons. The van der Waals surface area contributed by atoms with Crippen molar-refractivity contribution in [1.82, 2.24) is 13.9 Å². The average Bonchev–Trinajstić information content (AvgIpc) is 3.03. The van der Waals surface area contributed by atoms with Crippen molar-refractivity contribution in [2.75, 3.05) is 13.1 Å². The molecule has 0 spiro atoms. The van der Waals surface area contributed by atoms with Crippen molar-refractivity contribution in [2.24, 2.45) is 5.92 Å². The highest BCUT2D eigenvalue weighted by molar-refractivity contribution is 7.88. The summed E-state index contributed by atoms with van der Waals surface area (Å²) in [5, 5.41) is 0. The van der Waals surface area contributed by atoms with Crippen LogP contribution in [0.4, 0.5) is 4.39 Å². The van der Waals surface area contributed by atoms with Crippen LogP contribution in [0.15, 0.2) is 36.7 Å². The maximum Gasteiger partial charge on any atom is 0.218 e. The maximum atomic E-state index is 13.3. The van der Waals surface area contributed by atoms with E-state index >= 15 is 0 Å². The molecule has 0 aliphatic carbocycles. The van der Waals surface area contributed by atoms with Crippen molar-refractivity contribution in [1.29, 1.82) is 0 Å². The number of rotatable bonds is 6. The first kappa shape index (κ1) is 19.0. The summed E-state index contributed by atoms with van der Waals surface area (Å²) in [6, 6.07) is 5.81. The molecule has 1 aromatic heterocycles. The van der Waals surface area contributed by atoms with Crippen LogP contribution in [0.1, 0.15) is 44.0 Å². The van der Waals surface area contributed by atoms with Crippen LogP contribution in [0.2, 0.25) is 0 Å². The number of aromatic nitrogens is 2. The molecule has 1 aromatic carbocycles. The van der Waals surface area contributed by atoms with E-state index in [1.807, 2.05) is 12.4 Å². The number of halogens is 1. The van der Waals surface area contributed by atoms with Crippen LogP contribution in [-0.2, 0) is 22.3 Å². The fourth-order valence-corrected chi connectivity index (χ4v) is 5.10. The zero-order valence-electron chi connectivity index (χ0n) is 15.3. The van der Waals surface area contributed by atoms with E-state index in [2.05, 4.69) is 23.4 Å². The summed E-state index contributed by atoms with van der Waals surface area (Å²) in [6.45, 7) is 6.17. The van der Waals surface area contributed by atoms with Crippen molar-refractivity contribution < 1.29 is 12.8 Å². The Morgan fingerprint density at radius 2 is 2.00 bits per heavy atom. The van der Waals surface area contributed by atoms with Crippen LogP contribution in [0.5, 0.6) is 0 Å². The van der Waals surface area contributed by atoms with Gasteiger partial charge in [-0.3, -0.25) is 0 Å². The summed E-state index contributed by atoms with van der Waals surface area (Å²) < 4.78 is 42.3. The minimum absolute atomic E-state index is 0.144. The topological polar surface area (TPSA) is 55.2 Å². The van der Waals surface area contributed by atoms with Crippen LogP contribution in [-0.4, -0.2) is 35.4 Å². The molecular formula is C19H26FN3O2S. The van der Waals surface area contributed by atoms with Crippen LogP contribution in [0.3, 0.4) is 0 Å². The third kappa shape index (κ3) is 4.51. The molecule has 0 saturated carbocycles. The van der Waals surface area contributed by atoms with Crippen molar-refractivity contribution in [2.45, 2.75) is 44.9 Å². The number of sulfonamides is 1. The van der Waals surface area contributed by atoms with Gasteiger partial charge in [0.1, 0.15) is 11.6 Å². The molecule has 2 heterocycles. The molecule has 5 nitrogen and oxygen atoms in total. The standard InChI is InChI=1S/C19H26FN3O2S/c1-15(2)19-21-8-11-22(19)13-16-6-9-23(10-7-16)26(24,25)14-17-4-3-5-18(20)12-17/h3-5,8,11-12,15-16H,6-7,9-10,13-14H2,1-2H3. The number of imidazole rings is 1. The first-order valence-corrected chi connectivity index (χ1v) is 10.7. The highest BCUT2D eigenvalue weighted by Crippen LogP contribution is 2.24. The second-order valence-corrected chi connectivity index (χ2v) is 9.29. The second kappa shape index (κ2) is 7.88. The fraction of sp³-hybridized carbons (Fsp3) is 0.526. The van der Waals surface area contributed by atoms with E-state index in [0.29, 0.717) is 30.5 Å².